The lowest BCUT2D eigenvalue weighted by molar-refractivity contribution is 0.0525. The highest BCUT2D eigenvalue weighted by molar-refractivity contribution is 7.85. The minimum Gasteiger partial charge on any atom is -0.508 e. The Balaban J connectivity index is 2.85. The standard InChI is InChI=1S/C10H14B2O6S/c11-5-6-3-7(9(13)8(12)4-6)10(14)18-1-2-19(15,16)17/h3-4,13H,1-2,5,11-12H2,(H,15,16,17). The highest BCUT2D eigenvalue weighted by atomic mass is 32.2. The predicted octanol–water partition coefficient (Wildman–Crippen LogP) is -2.17. The Labute approximate surface area is 113 Å². The van der Waals surface area contributed by atoms with Crippen LogP contribution < -0.4 is 5.46 Å². The van der Waals surface area contributed by atoms with Crippen LogP contribution in [0.2, 0.25) is 0 Å². The zero-order valence-electron chi connectivity index (χ0n) is 10.7. The molecule has 102 valence electrons. The topological polar surface area (TPSA) is 101 Å². The van der Waals surface area contributed by atoms with Gasteiger partial charge in [0.2, 0.25) is 0 Å². The maximum Gasteiger partial charge on any atom is 0.341 e. The number of phenolic OH excluding ortho intramolecular Hbond substituents is 1. The van der Waals surface area contributed by atoms with Crippen molar-refractivity contribution in [2.24, 2.45) is 0 Å². The van der Waals surface area contributed by atoms with E-state index in [9.17, 15) is 18.3 Å². The fourth-order valence-electron chi connectivity index (χ4n) is 1.53. The molecule has 0 atom stereocenters. The molecule has 0 spiro atoms. The van der Waals surface area contributed by atoms with Gasteiger partial charge in [-0.05, 0) is 11.5 Å². The zero-order chi connectivity index (χ0) is 14.6. The highest BCUT2D eigenvalue weighted by Gasteiger charge is 2.16. The Morgan fingerprint density at radius 1 is 1.37 bits per heavy atom. The summed E-state index contributed by atoms with van der Waals surface area (Å²) in [5.41, 5.74) is 1.39. The lowest BCUT2D eigenvalue weighted by Gasteiger charge is -2.10. The first kappa shape index (κ1) is 15.6. The lowest BCUT2D eigenvalue weighted by Crippen LogP contribution is -2.17. The summed E-state index contributed by atoms with van der Waals surface area (Å²) < 4.78 is 34.2. The van der Waals surface area contributed by atoms with Gasteiger partial charge in [-0.15, -0.1) is 0 Å². The first-order valence-corrected chi connectivity index (χ1v) is 7.30. The van der Waals surface area contributed by atoms with Crippen molar-refractivity contribution < 1.29 is 27.6 Å². The summed E-state index contributed by atoms with van der Waals surface area (Å²) in [6.07, 6.45) is 0.687. The molecule has 0 fully saturated rings. The van der Waals surface area contributed by atoms with Gasteiger partial charge >= 0.3 is 5.97 Å². The molecule has 1 aromatic rings. The molecule has 1 aromatic carbocycles. The van der Waals surface area contributed by atoms with Gasteiger partial charge in [-0.1, -0.05) is 17.9 Å². The summed E-state index contributed by atoms with van der Waals surface area (Å²) in [4.78, 5) is 11.7. The summed E-state index contributed by atoms with van der Waals surface area (Å²) >= 11 is 0. The summed E-state index contributed by atoms with van der Waals surface area (Å²) in [5.74, 6) is -1.68. The van der Waals surface area contributed by atoms with Gasteiger partial charge in [0.1, 0.15) is 39.4 Å². The van der Waals surface area contributed by atoms with Crippen LogP contribution in [0.25, 0.3) is 0 Å². The summed E-state index contributed by atoms with van der Waals surface area (Å²) in [7, 11) is -0.615. The highest BCUT2D eigenvalue weighted by Crippen LogP contribution is 2.17. The molecule has 0 saturated carbocycles. The molecule has 1 rings (SSSR count). The molecule has 2 N–H and O–H groups in total. The number of carbonyl (C=O) groups excluding carboxylic acids is 1. The van der Waals surface area contributed by atoms with Gasteiger partial charge in [-0.25, -0.2) is 4.79 Å². The quantitative estimate of drug-likeness (QED) is 0.362. The predicted molar refractivity (Wildman–Crippen MR) is 75.2 cm³/mol. The van der Waals surface area contributed by atoms with Crippen LogP contribution in [0.4, 0.5) is 0 Å². The molecule has 0 amide bonds. The van der Waals surface area contributed by atoms with E-state index in [1.54, 1.807) is 13.9 Å². The van der Waals surface area contributed by atoms with Gasteiger partial charge in [0.25, 0.3) is 10.1 Å². The average molecular weight is 284 g/mol. The first-order valence-electron chi connectivity index (χ1n) is 5.69. The Morgan fingerprint density at radius 2 is 2.00 bits per heavy atom. The third-order valence-corrected chi connectivity index (χ3v) is 3.25. The van der Waals surface area contributed by atoms with E-state index in [1.807, 2.05) is 7.85 Å². The largest absolute Gasteiger partial charge is 0.508 e. The molecule has 0 bridgehead atoms. The minimum absolute atomic E-state index is 0.00723. The molecule has 19 heavy (non-hydrogen) atoms. The fraction of sp³-hybridized carbons (Fsp3) is 0.300. The van der Waals surface area contributed by atoms with Gasteiger partial charge in [0.05, 0.1) is 0 Å². The van der Waals surface area contributed by atoms with Crippen molar-refractivity contribution >= 4 is 37.2 Å². The monoisotopic (exact) mass is 284 g/mol. The lowest BCUT2D eigenvalue weighted by atomic mass is 9.86. The van der Waals surface area contributed by atoms with E-state index in [2.05, 4.69) is 0 Å². The molecule has 0 unspecified atom stereocenters. The second-order valence-corrected chi connectivity index (χ2v) is 5.66. The van der Waals surface area contributed by atoms with E-state index in [-0.39, 0.29) is 11.3 Å². The first-order chi connectivity index (χ1) is 8.74. The molecule has 0 aliphatic carbocycles. The van der Waals surface area contributed by atoms with E-state index in [0.717, 1.165) is 5.56 Å². The van der Waals surface area contributed by atoms with Crippen LogP contribution >= 0.6 is 0 Å². The number of benzene rings is 1. The van der Waals surface area contributed by atoms with E-state index in [1.165, 1.54) is 6.07 Å². The van der Waals surface area contributed by atoms with Gasteiger partial charge < -0.3 is 9.84 Å². The SMILES string of the molecule is BCc1cc(B)c(O)c(C(=O)OCCS(=O)(=O)O)c1. The van der Waals surface area contributed by atoms with Crippen molar-refractivity contribution in [3.63, 3.8) is 0 Å². The fourth-order valence-corrected chi connectivity index (χ4v) is 1.83. The van der Waals surface area contributed by atoms with E-state index < -0.39 is 28.4 Å². The van der Waals surface area contributed by atoms with E-state index >= 15 is 0 Å². The smallest absolute Gasteiger partial charge is 0.341 e. The van der Waals surface area contributed by atoms with Crippen LogP contribution in [0.1, 0.15) is 15.9 Å². The molecular formula is C10H14B2O6S. The Kier molecular flexibility index (Phi) is 5.02. The van der Waals surface area contributed by atoms with Gasteiger partial charge in [-0.2, -0.15) is 8.42 Å². The van der Waals surface area contributed by atoms with E-state index in [0.29, 0.717) is 11.8 Å². The van der Waals surface area contributed by atoms with Crippen LogP contribution in [0.5, 0.6) is 5.75 Å². The second-order valence-electron chi connectivity index (χ2n) is 4.08. The van der Waals surface area contributed by atoms with E-state index in [4.69, 9.17) is 9.29 Å². The Hall–Kier alpha value is -1.47. The van der Waals surface area contributed by atoms with Crippen molar-refractivity contribution in [3.8, 4) is 5.75 Å². The molecule has 6 nitrogen and oxygen atoms in total. The number of hydrogen-bond donors (Lipinski definition) is 2. The second kappa shape index (κ2) is 6.12. The average Bonchev–Trinajstić information content (AvgIpc) is 2.30. The summed E-state index contributed by atoms with van der Waals surface area (Å²) in [6, 6.07) is 3.25. The van der Waals surface area contributed by atoms with Crippen LogP contribution in [0.15, 0.2) is 12.1 Å². The molecular weight excluding hydrogens is 270 g/mol. The molecule has 0 aliphatic heterocycles. The summed E-state index contributed by atoms with van der Waals surface area (Å²) in [5, 5.41) is 9.78. The Morgan fingerprint density at radius 3 is 2.53 bits per heavy atom. The molecule has 0 aliphatic rings. The number of rotatable bonds is 5. The Bertz CT molecular complexity index is 584. The van der Waals surface area contributed by atoms with Crippen molar-refractivity contribution in [2.45, 2.75) is 6.32 Å². The number of hydrogen-bond acceptors (Lipinski definition) is 5. The van der Waals surface area contributed by atoms with Crippen LogP contribution in [-0.4, -0.2) is 52.1 Å². The molecule has 0 heterocycles. The molecule has 9 heteroatoms. The minimum atomic E-state index is -4.17. The van der Waals surface area contributed by atoms with Crippen LogP contribution in [0, 0.1) is 0 Å². The van der Waals surface area contributed by atoms with Crippen molar-refractivity contribution in [1.29, 1.82) is 0 Å². The number of ether oxygens (including phenoxy) is 1. The van der Waals surface area contributed by atoms with Crippen molar-refractivity contribution in [3.05, 3.63) is 23.3 Å². The maximum atomic E-state index is 11.7. The van der Waals surface area contributed by atoms with Crippen LogP contribution in [0.3, 0.4) is 0 Å². The van der Waals surface area contributed by atoms with Crippen molar-refractivity contribution in [1.82, 2.24) is 0 Å². The number of phenols is 1. The van der Waals surface area contributed by atoms with Crippen molar-refractivity contribution in [2.75, 3.05) is 12.4 Å². The van der Waals surface area contributed by atoms with Gasteiger partial charge in [0, 0.05) is 0 Å². The van der Waals surface area contributed by atoms with Crippen LogP contribution in [-0.2, 0) is 21.2 Å². The zero-order valence-corrected chi connectivity index (χ0v) is 11.5. The molecule has 0 aromatic heterocycles. The molecule has 0 saturated heterocycles. The van der Waals surface area contributed by atoms with Gasteiger partial charge in [-0.3, -0.25) is 4.55 Å². The third-order valence-electron chi connectivity index (χ3n) is 2.56. The summed E-state index contributed by atoms with van der Waals surface area (Å²) in [6.45, 7) is -0.466. The third kappa shape index (κ3) is 4.60. The number of aromatic hydroxyl groups is 1. The normalized spacial score (nSPS) is 11.2. The maximum absolute atomic E-state index is 11.7. The number of esters is 1. The number of carbonyl (C=O) groups is 1. The van der Waals surface area contributed by atoms with Gasteiger partial charge in [0.15, 0.2) is 0 Å². The molecule has 0 radical (unpaired) electrons.